The van der Waals surface area contributed by atoms with Crippen molar-refractivity contribution in [3.05, 3.63) is 36.0 Å². The minimum Gasteiger partial charge on any atom is -0.489 e. The molecule has 4 saturated carbocycles. The quantitative estimate of drug-likeness (QED) is 0.666. The third kappa shape index (κ3) is 2.65. The molecule has 26 heavy (non-hydrogen) atoms. The normalized spacial score (nSPS) is 33.2. The van der Waals surface area contributed by atoms with E-state index in [1.54, 1.807) is 0 Å². The van der Waals surface area contributed by atoms with Crippen LogP contribution in [0.3, 0.4) is 0 Å². The van der Waals surface area contributed by atoms with Crippen molar-refractivity contribution in [1.82, 2.24) is 4.98 Å². The van der Waals surface area contributed by atoms with Crippen molar-refractivity contribution in [3.63, 3.8) is 0 Å². The monoisotopic (exact) mass is 355 g/mol. The molecule has 0 aliphatic heterocycles. The molecule has 0 unspecified atom stereocenters. The van der Waals surface area contributed by atoms with Gasteiger partial charge in [-0.1, -0.05) is 6.92 Å². The summed E-state index contributed by atoms with van der Waals surface area (Å²) in [7, 11) is 0. The van der Waals surface area contributed by atoms with Gasteiger partial charge in [-0.25, -0.2) is 9.37 Å². The van der Waals surface area contributed by atoms with Gasteiger partial charge in [0.2, 0.25) is 5.89 Å². The minimum absolute atomic E-state index is 0.168. The number of oxazole rings is 1. The molecule has 4 heteroatoms. The van der Waals surface area contributed by atoms with Crippen molar-refractivity contribution in [2.45, 2.75) is 57.3 Å². The molecule has 0 radical (unpaired) electrons. The molecular formula is C22H26FNO2. The molecule has 6 rings (SSSR count). The van der Waals surface area contributed by atoms with Crippen LogP contribution >= 0.6 is 0 Å². The maximum atomic E-state index is 12.7. The van der Waals surface area contributed by atoms with Gasteiger partial charge in [-0.3, -0.25) is 0 Å². The molecule has 4 bridgehead atoms. The maximum absolute atomic E-state index is 12.7. The summed E-state index contributed by atoms with van der Waals surface area (Å²) in [4.78, 5) is 4.88. The lowest BCUT2D eigenvalue weighted by molar-refractivity contribution is -0.0170. The summed E-state index contributed by atoms with van der Waals surface area (Å²) in [5.41, 5.74) is 2.51. The Labute approximate surface area is 153 Å². The van der Waals surface area contributed by atoms with Gasteiger partial charge in [0.15, 0.2) is 5.58 Å². The van der Waals surface area contributed by atoms with Crippen molar-refractivity contribution in [3.8, 4) is 5.75 Å². The van der Waals surface area contributed by atoms with Gasteiger partial charge in [0.25, 0.3) is 0 Å². The van der Waals surface area contributed by atoms with E-state index in [1.165, 1.54) is 38.5 Å². The molecule has 0 spiro atoms. The van der Waals surface area contributed by atoms with Crippen LogP contribution in [0.5, 0.6) is 5.75 Å². The number of nitrogens with zero attached hydrogens (tertiary/aromatic N) is 1. The van der Waals surface area contributed by atoms with Crippen molar-refractivity contribution >= 4 is 11.1 Å². The Morgan fingerprint density at radius 1 is 1.23 bits per heavy atom. The lowest BCUT2D eigenvalue weighted by atomic mass is 9.49. The number of rotatable bonds is 5. The number of hydrogen-bond donors (Lipinski definition) is 0. The van der Waals surface area contributed by atoms with E-state index in [9.17, 15) is 4.39 Å². The highest BCUT2D eigenvalue weighted by atomic mass is 19.1. The molecule has 1 aromatic heterocycles. The third-order valence-corrected chi connectivity index (χ3v) is 6.88. The SMILES string of the molecule is CC/C(=C\F)COc1ccc2nc(C34CC5CC(CC(C5)C3)C4)oc2c1. The summed E-state index contributed by atoms with van der Waals surface area (Å²) in [6.07, 6.45) is 9.27. The zero-order chi connectivity index (χ0) is 17.7. The molecule has 0 N–H and O–H groups in total. The van der Waals surface area contributed by atoms with E-state index in [2.05, 4.69) is 0 Å². The predicted molar refractivity (Wildman–Crippen MR) is 98.8 cm³/mol. The molecule has 0 saturated heterocycles. The average Bonchev–Trinajstić information content (AvgIpc) is 3.06. The Hall–Kier alpha value is -1.84. The Morgan fingerprint density at radius 3 is 2.54 bits per heavy atom. The van der Waals surface area contributed by atoms with Crippen LogP contribution in [-0.4, -0.2) is 11.6 Å². The molecule has 4 aliphatic carbocycles. The Morgan fingerprint density at radius 2 is 1.92 bits per heavy atom. The summed E-state index contributed by atoms with van der Waals surface area (Å²) < 4.78 is 24.7. The van der Waals surface area contributed by atoms with Gasteiger partial charge in [0.1, 0.15) is 17.9 Å². The fraction of sp³-hybridized carbons (Fsp3) is 0.591. The van der Waals surface area contributed by atoms with Crippen LogP contribution < -0.4 is 4.74 Å². The first kappa shape index (κ1) is 16.3. The van der Waals surface area contributed by atoms with E-state index in [4.69, 9.17) is 14.1 Å². The number of benzene rings is 1. The van der Waals surface area contributed by atoms with E-state index in [0.717, 1.165) is 34.7 Å². The van der Waals surface area contributed by atoms with Gasteiger partial charge in [-0.05, 0) is 80.4 Å². The van der Waals surface area contributed by atoms with Crippen LogP contribution in [0.1, 0.15) is 57.8 Å². The molecule has 138 valence electrons. The van der Waals surface area contributed by atoms with Crippen LogP contribution in [0.25, 0.3) is 11.1 Å². The topological polar surface area (TPSA) is 35.3 Å². The van der Waals surface area contributed by atoms with E-state index in [0.29, 0.717) is 24.1 Å². The van der Waals surface area contributed by atoms with Crippen LogP contribution in [-0.2, 0) is 5.41 Å². The summed E-state index contributed by atoms with van der Waals surface area (Å²) >= 11 is 0. The molecule has 4 aliphatic rings. The molecule has 0 amide bonds. The minimum atomic E-state index is 0.168. The van der Waals surface area contributed by atoms with Crippen LogP contribution in [0.4, 0.5) is 4.39 Å². The van der Waals surface area contributed by atoms with Gasteiger partial charge in [-0.15, -0.1) is 0 Å². The molecule has 1 aromatic carbocycles. The third-order valence-electron chi connectivity index (χ3n) is 6.88. The molecule has 4 fully saturated rings. The average molecular weight is 355 g/mol. The largest absolute Gasteiger partial charge is 0.489 e. The van der Waals surface area contributed by atoms with E-state index in [1.807, 2.05) is 25.1 Å². The molecule has 1 heterocycles. The van der Waals surface area contributed by atoms with Crippen LogP contribution in [0.15, 0.2) is 34.5 Å². The molecule has 3 nitrogen and oxygen atoms in total. The maximum Gasteiger partial charge on any atom is 0.201 e. The second-order valence-corrected chi connectivity index (χ2v) is 8.76. The highest BCUT2D eigenvalue weighted by Gasteiger charge is 2.54. The van der Waals surface area contributed by atoms with Crippen LogP contribution in [0, 0.1) is 17.8 Å². The smallest absolute Gasteiger partial charge is 0.201 e. The Bertz CT molecular complexity index is 818. The Kier molecular flexibility index (Phi) is 3.84. The second-order valence-electron chi connectivity index (χ2n) is 8.76. The van der Waals surface area contributed by atoms with Crippen molar-refractivity contribution in [2.24, 2.45) is 17.8 Å². The number of halogens is 1. The predicted octanol–water partition coefficient (Wildman–Crippen LogP) is 5.94. The lowest BCUT2D eigenvalue weighted by Crippen LogP contribution is -2.48. The summed E-state index contributed by atoms with van der Waals surface area (Å²) in [5, 5.41) is 0. The number of hydrogen-bond acceptors (Lipinski definition) is 3. The van der Waals surface area contributed by atoms with E-state index in [-0.39, 0.29) is 12.0 Å². The zero-order valence-corrected chi connectivity index (χ0v) is 15.3. The zero-order valence-electron chi connectivity index (χ0n) is 15.3. The molecule has 2 aromatic rings. The Balaban J connectivity index is 1.42. The molecule has 0 atom stereocenters. The van der Waals surface area contributed by atoms with Crippen LogP contribution in [0.2, 0.25) is 0 Å². The van der Waals surface area contributed by atoms with Gasteiger partial charge in [0, 0.05) is 11.5 Å². The highest BCUT2D eigenvalue weighted by molar-refractivity contribution is 5.74. The lowest BCUT2D eigenvalue weighted by Gasteiger charge is -2.55. The second kappa shape index (κ2) is 6.11. The van der Waals surface area contributed by atoms with E-state index < -0.39 is 0 Å². The first-order valence-electron chi connectivity index (χ1n) is 9.99. The number of ether oxygens (including phenoxy) is 1. The van der Waals surface area contributed by atoms with Crippen molar-refractivity contribution in [1.29, 1.82) is 0 Å². The van der Waals surface area contributed by atoms with Crippen molar-refractivity contribution in [2.75, 3.05) is 6.61 Å². The number of aromatic nitrogens is 1. The summed E-state index contributed by atoms with van der Waals surface area (Å²) in [6.45, 7) is 2.20. The first-order chi connectivity index (χ1) is 12.7. The highest BCUT2D eigenvalue weighted by Crippen LogP contribution is 2.60. The fourth-order valence-electron chi connectivity index (χ4n) is 5.98. The van der Waals surface area contributed by atoms with Crippen molar-refractivity contribution < 1.29 is 13.5 Å². The van der Waals surface area contributed by atoms with Gasteiger partial charge >= 0.3 is 0 Å². The standard InChI is InChI=1S/C22H26FNO2/c1-2-14(12-23)13-25-18-3-4-19-20(8-18)26-21(24-19)22-9-15-5-16(10-22)7-17(6-15)11-22/h3-4,8,12,15-17H,2,5-7,9-11,13H2,1H3/b14-12+. The van der Waals surface area contributed by atoms with E-state index >= 15 is 0 Å². The van der Waals surface area contributed by atoms with Gasteiger partial charge in [0.05, 0.1) is 6.33 Å². The number of fused-ring (bicyclic) bond motifs is 1. The molecular weight excluding hydrogens is 329 g/mol. The fourth-order valence-corrected chi connectivity index (χ4v) is 5.98. The van der Waals surface area contributed by atoms with Gasteiger partial charge in [-0.2, -0.15) is 0 Å². The summed E-state index contributed by atoms with van der Waals surface area (Å²) in [5.74, 6) is 4.26. The van der Waals surface area contributed by atoms with Gasteiger partial charge < -0.3 is 9.15 Å². The first-order valence-corrected chi connectivity index (χ1v) is 9.99. The summed E-state index contributed by atoms with van der Waals surface area (Å²) in [6, 6.07) is 5.76.